The molecular weight excluding hydrogens is 648 g/mol. The van der Waals surface area contributed by atoms with Gasteiger partial charge in [0, 0.05) is 32.4 Å². The van der Waals surface area contributed by atoms with Crippen LogP contribution in [-0.4, -0.2) is 70.4 Å². The summed E-state index contributed by atoms with van der Waals surface area (Å²) in [4.78, 5) is 76.6. The first-order valence-corrected chi connectivity index (χ1v) is 17.5. The molecule has 2 aliphatic rings. The zero-order valence-corrected chi connectivity index (χ0v) is 31.4. The van der Waals surface area contributed by atoms with Crippen LogP contribution in [-0.2, 0) is 38.2 Å². The molecule has 0 bridgehead atoms. The highest BCUT2D eigenvalue weighted by atomic mass is 16.6. The summed E-state index contributed by atoms with van der Waals surface area (Å²) >= 11 is 0. The SMILES string of the molecule is C=C(C=O)C[C@]1(C(=O)OC(C)(C)C)CC(=O)N([C@H](C)c2ccccc2)C1.C[C@H](c1ccccc1)N1C[C@@](CCC=O)(C(=O)OC(C)(C)C)CC1=O. The Balaban J connectivity index is 0.000000276. The molecule has 0 aliphatic carbocycles. The Bertz CT molecular complexity index is 1580. The van der Waals surface area contributed by atoms with Crippen molar-refractivity contribution in [1.82, 2.24) is 9.80 Å². The van der Waals surface area contributed by atoms with Crippen molar-refractivity contribution < 1.29 is 38.2 Å². The lowest BCUT2D eigenvalue weighted by molar-refractivity contribution is -0.168. The maximum Gasteiger partial charge on any atom is 0.315 e. The maximum absolute atomic E-state index is 12.9. The number of aldehydes is 2. The van der Waals surface area contributed by atoms with Crippen LogP contribution in [0.3, 0.4) is 0 Å². The van der Waals surface area contributed by atoms with E-state index in [1.165, 1.54) is 0 Å². The third-order valence-electron chi connectivity index (χ3n) is 9.20. The van der Waals surface area contributed by atoms with Gasteiger partial charge < -0.3 is 24.1 Å². The standard InChI is InChI=1S/C21H27NO4.C20H27NO4/c1-15(13-23)11-21(19(25)26-20(3,4)5)12-18(24)22(14-21)16(2)17-9-7-6-8-10-17;1-15(16-9-6-5-7-10-16)21-14-20(11-8-12-22,13-17(21)23)18(24)25-19(2,3)4/h6-10,13,16H,1,11-12,14H2,2-5H3;5-7,9-10,12,15H,8,11,13-14H2,1-4H3/t16-,21+;15-,20+/m11/s1. The monoisotopic (exact) mass is 702 g/mol. The first-order valence-electron chi connectivity index (χ1n) is 17.5. The molecule has 0 aromatic heterocycles. The van der Waals surface area contributed by atoms with Crippen LogP contribution in [0.1, 0.15) is 111 Å². The summed E-state index contributed by atoms with van der Waals surface area (Å²) in [6.07, 6.45) is 2.23. The second-order valence-electron chi connectivity index (χ2n) is 15.8. The normalized spacial score (nSPS) is 21.6. The highest BCUT2D eigenvalue weighted by Crippen LogP contribution is 2.43. The minimum absolute atomic E-state index is 0.0198. The van der Waals surface area contributed by atoms with E-state index < -0.39 is 34.0 Å². The maximum atomic E-state index is 12.9. The molecule has 2 amide bonds. The van der Waals surface area contributed by atoms with E-state index in [9.17, 15) is 28.8 Å². The molecule has 276 valence electrons. The molecule has 4 atom stereocenters. The molecule has 10 heteroatoms. The summed E-state index contributed by atoms with van der Waals surface area (Å²) in [5, 5.41) is 0. The lowest BCUT2D eigenvalue weighted by atomic mass is 9.80. The molecule has 0 unspecified atom stereocenters. The van der Waals surface area contributed by atoms with Crippen molar-refractivity contribution in [3.05, 3.63) is 83.9 Å². The zero-order chi connectivity index (χ0) is 38.2. The predicted molar refractivity (Wildman–Crippen MR) is 194 cm³/mol. The van der Waals surface area contributed by atoms with Crippen LogP contribution >= 0.6 is 0 Å². The lowest BCUT2D eigenvalue weighted by Crippen LogP contribution is -2.40. The quantitative estimate of drug-likeness (QED) is 0.135. The van der Waals surface area contributed by atoms with E-state index in [1.54, 1.807) is 51.3 Å². The second-order valence-corrected chi connectivity index (χ2v) is 15.8. The van der Waals surface area contributed by atoms with Gasteiger partial charge in [-0.1, -0.05) is 67.2 Å². The number of esters is 2. The smallest absolute Gasteiger partial charge is 0.315 e. The minimum atomic E-state index is -1.08. The molecule has 2 aromatic carbocycles. The molecule has 2 heterocycles. The molecule has 0 spiro atoms. The van der Waals surface area contributed by atoms with Crippen LogP contribution in [0.2, 0.25) is 0 Å². The lowest BCUT2D eigenvalue weighted by Gasteiger charge is -2.32. The summed E-state index contributed by atoms with van der Waals surface area (Å²) in [5.41, 5.74) is -1.03. The summed E-state index contributed by atoms with van der Waals surface area (Å²) < 4.78 is 11.1. The van der Waals surface area contributed by atoms with Gasteiger partial charge in [-0.15, -0.1) is 0 Å². The number of ether oxygens (including phenoxy) is 2. The van der Waals surface area contributed by atoms with E-state index in [0.29, 0.717) is 12.7 Å². The van der Waals surface area contributed by atoms with Gasteiger partial charge >= 0.3 is 11.9 Å². The van der Waals surface area contributed by atoms with Gasteiger partial charge in [0.05, 0.1) is 22.9 Å². The fraction of sp³-hybridized carbons (Fsp3) is 0.512. The number of hydrogen-bond donors (Lipinski definition) is 0. The molecule has 0 radical (unpaired) electrons. The fourth-order valence-electron chi connectivity index (χ4n) is 6.57. The van der Waals surface area contributed by atoms with Crippen molar-refractivity contribution in [2.24, 2.45) is 10.8 Å². The Hall–Kier alpha value is -4.60. The number of amides is 2. The van der Waals surface area contributed by atoms with Crippen LogP contribution in [0.5, 0.6) is 0 Å². The summed E-state index contributed by atoms with van der Waals surface area (Å²) in [7, 11) is 0. The van der Waals surface area contributed by atoms with Gasteiger partial charge in [0.2, 0.25) is 11.8 Å². The third kappa shape index (κ3) is 10.7. The number of benzene rings is 2. The van der Waals surface area contributed by atoms with Gasteiger partial charge in [-0.2, -0.15) is 0 Å². The Morgan fingerprint density at radius 3 is 1.53 bits per heavy atom. The average molecular weight is 703 g/mol. The first-order chi connectivity index (χ1) is 23.8. The average Bonchev–Trinajstić information content (AvgIpc) is 3.59. The minimum Gasteiger partial charge on any atom is -0.459 e. The highest BCUT2D eigenvalue weighted by molar-refractivity contribution is 5.92. The van der Waals surface area contributed by atoms with Crippen molar-refractivity contribution >= 4 is 36.3 Å². The summed E-state index contributed by atoms with van der Waals surface area (Å²) in [5.74, 6) is -1.04. The first kappa shape index (κ1) is 40.8. The van der Waals surface area contributed by atoms with Crippen molar-refractivity contribution in [2.45, 2.75) is 111 Å². The highest BCUT2D eigenvalue weighted by Gasteiger charge is 2.53. The van der Waals surface area contributed by atoms with E-state index in [1.807, 2.05) is 74.5 Å². The molecule has 2 saturated heterocycles. The Kier molecular flexibility index (Phi) is 13.3. The molecule has 2 aliphatic heterocycles. The predicted octanol–water partition coefficient (Wildman–Crippen LogP) is 6.74. The molecule has 10 nitrogen and oxygen atoms in total. The van der Waals surface area contributed by atoms with E-state index in [2.05, 4.69) is 6.58 Å². The summed E-state index contributed by atoms with van der Waals surface area (Å²) in [6.45, 7) is 18.9. The van der Waals surface area contributed by atoms with Gasteiger partial charge in [0.25, 0.3) is 0 Å². The number of carbonyl (C=O) groups excluding carboxylic acids is 6. The molecular formula is C41H54N2O8. The van der Waals surface area contributed by atoms with Gasteiger partial charge in [0.1, 0.15) is 23.8 Å². The van der Waals surface area contributed by atoms with Crippen LogP contribution in [0.4, 0.5) is 0 Å². The third-order valence-corrected chi connectivity index (χ3v) is 9.20. The summed E-state index contributed by atoms with van der Waals surface area (Å²) in [6, 6.07) is 19.1. The molecule has 2 fully saturated rings. The molecule has 51 heavy (non-hydrogen) atoms. The van der Waals surface area contributed by atoms with Crippen LogP contribution in [0, 0.1) is 10.8 Å². The Morgan fingerprint density at radius 2 is 1.14 bits per heavy atom. The number of allylic oxidation sites excluding steroid dienone is 1. The van der Waals surface area contributed by atoms with Crippen molar-refractivity contribution in [2.75, 3.05) is 13.1 Å². The van der Waals surface area contributed by atoms with Crippen molar-refractivity contribution in [3.8, 4) is 0 Å². The van der Waals surface area contributed by atoms with Crippen LogP contribution in [0.15, 0.2) is 72.8 Å². The molecule has 2 aromatic rings. The van der Waals surface area contributed by atoms with E-state index in [0.717, 1.165) is 17.4 Å². The zero-order valence-electron chi connectivity index (χ0n) is 31.4. The fourth-order valence-corrected chi connectivity index (χ4v) is 6.57. The number of hydrogen-bond acceptors (Lipinski definition) is 8. The van der Waals surface area contributed by atoms with Gasteiger partial charge in [-0.25, -0.2) is 0 Å². The van der Waals surface area contributed by atoms with Gasteiger partial charge in [-0.3, -0.25) is 24.0 Å². The number of nitrogens with zero attached hydrogens (tertiary/aromatic N) is 2. The largest absolute Gasteiger partial charge is 0.459 e. The number of carbonyl (C=O) groups is 6. The Morgan fingerprint density at radius 1 is 0.745 bits per heavy atom. The Labute approximate surface area is 302 Å². The van der Waals surface area contributed by atoms with E-state index in [4.69, 9.17) is 9.47 Å². The van der Waals surface area contributed by atoms with E-state index >= 15 is 0 Å². The van der Waals surface area contributed by atoms with Crippen molar-refractivity contribution in [3.63, 3.8) is 0 Å². The topological polar surface area (TPSA) is 127 Å². The van der Waals surface area contributed by atoms with Crippen LogP contribution in [0.25, 0.3) is 0 Å². The van der Waals surface area contributed by atoms with Gasteiger partial charge in [0.15, 0.2) is 0 Å². The number of rotatable bonds is 12. The molecule has 4 rings (SSSR count). The van der Waals surface area contributed by atoms with Gasteiger partial charge in [-0.05, 0) is 84.9 Å². The number of likely N-dealkylation sites (tertiary alicyclic amines) is 2. The molecule has 0 N–H and O–H groups in total. The molecule has 0 saturated carbocycles. The van der Waals surface area contributed by atoms with Crippen molar-refractivity contribution in [1.29, 1.82) is 0 Å². The second kappa shape index (κ2) is 16.6. The van der Waals surface area contributed by atoms with Crippen LogP contribution < -0.4 is 0 Å². The van der Waals surface area contributed by atoms with E-state index in [-0.39, 0.29) is 68.2 Å².